The Morgan fingerprint density at radius 3 is 2.80 bits per heavy atom. The summed E-state index contributed by atoms with van der Waals surface area (Å²) in [5, 5.41) is 0. The lowest BCUT2D eigenvalue weighted by molar-refractivity contribution is -0.137. The van der Waals surface area contributed by atoms with Crippen LogP contribution < -0.4 is 11.3 Å². The second kappa shape index (κ2) is 5.74. The standard InChI is InChI=1S/C12H13BrFN3O3/c13-7-1-2-10(18)16(4-7)6-11(19)17-5-8(14)3-9(17)12(15)20/h1-2,4,8-9H,3,5-6H2,(H2,15,20)/t8-,9+/m1/s1. The number of nitrogens with two attached hydrogens (primary N) is 1. The summed E-state index contributed by atoms with van der Waals surface area (Å²) in [4.78, 5) is 36.0. The van der Waals surface area contributed by atoms with Gasteiger partial charge in [-0.05, 0) is 22.0 Å². The molecule has 20 heavy (non-hydrogen) atoms. The van der Waals surface area contributed by atoms with Crippen LogP contribution >= 0.6 is 15.9 Å². The van der Waals surface area contributed by atoms with Crippen LogP contribution in [0.2, 0.25) is 0 Å². The fraction of sp³-hybridized carbons (Fsp3) is 0.417. The molecule has 1 aromatic heterocycles. The molecule has 0 aromatic carbocycles. The van der Waals surface area contributed by atoms with Gasteiger partial charge in [0.1, 0.15) is 18.8 Å². The van der Waals surface area contributed by atoms with Crippen LogP contribution in [0.15, 0.2) is 27.6 Å². The third-order valence-corrected chi connectivity index (χ3v) is 3.62. The summed E-state index contributed by atoms with van der Waals surface area (Å²) < 4.78 is 15.2. The molecule has 0 spiro atoms. The first-order valence-electron chi connectivity index (χ1n) is 5.97. The van der Waals surface area contributed by atoms with E-state index in [1.807, 2.05) is 0 Å². The van der Waals surface area contributed by atoms with E-state index < -0.39 is 24.0 Å². The van der Waals surface area contributed by atoms with E-state index in [1.165, 1.54) is 16.8 Å². The third kappa shape index (κ3) is 3.06. The van der Waals surface area contributed by atoms with Crippen LogP contribution in [-0.2, 0) is 16.1 Å². The van der Waals surface area contributed by atoms with Crippen molar-refractivity contribution in [1.29, 1.82) is 0 Å². The van der Waals surface area contributed by atoms with Crippen LogP contribution in [0.5, 0.6) is 0 Å². The van der Waals surface area contributed by atoms with E-state index in [1.54, 1.807) is 6.07 Å². The number of aromatic nitrogens is 1. The maximum atomic E-state index is 13.3. The van der Waals surface area contributed by atoms with Crippen LogP contribution in [0.1, 0.15) is 6.42 Å². The molecule has 2 atom stereocenters. The van der Waals surface area contributed by atoms with Gasteiger partial charge in [-0.25, -0.2) is 4.39 Å². The molecule has 1 saturated heterocycles. The zero-order valence-electron chi connectivity index (χ0n) is 10.5. The Morgan fingerprint density at radius 2 is 2.15 bits per heavy atom. The molecule has 0 bridgehead atoms. The Bertz CT molecular complexity index is 604. The van der Waals surface area contributed by atoms with Crippen molar-refractivity contribution in [2.24, 2.45) is 5.73 Å². The quantitative estimate of drug-likeness (QED) is 0.838. The van der Waals surface area contributed by atoms with Crippen molar-refractivity contribution in [3.05, 3.63) is 33.2 Å². The van der Waals surface area contributed by atoms with Crippen molar-refractivity contribution in [1.82, 2.24) is 9.47 Å². The van der Waals surface area contributed by atoms with Gasteiger partial charge in [-0.1, -0.05) is 0 Å². The van der Waals surface area contributed by atoms with Gasteiger partial charge in [-0.3, -0.25) is 14.4 Å². The van der Waals surface area contributed by atoms with Crippen molar-refractivity contribution in [3.8, 4) is 0 Å². The minimum atomic E-state index is -1.27. The molecule has 1 aliphatic rings. The van der Waals surface area contributed by atoms with Crippen LogP contribution in [0.4, 0.5) is 4.39 Å². The van der Waals surface area contributed by atoms with Gasteiger partial charge in [-0.2, -0.15) is 0 Å². The molecule has 2 rings (SSSR count). The second-order valence-electron chi connectivity index (χ2n) is 4.61. The van der Waals surface area contributed by atoms with Gasteiger partial charge in [0.2, 0.25) is 11.8 Å². The molecule has 108 valence electrons. The molecule has 0 aliphatic carbocycles. The summed E-state index contributed by atoms with van der Waals surface area (Å²) in [6.07, 6.45) is 0.104. The first-order valence-corrected chi connectivity index (χ1v) is 6.76. The molecular weight excluding hydrogens is 333 g/mol. The molecule has 0 unspecified atom stereocenters. The number of amides is 2. The lowest BCUT2D eigenvalue weighted by Crippen LogP contribution is -2.45. The molecular formula is C12H13BrFN3O3. The Labute approximate surface area is 122 Å². The van der Waals surface area contributed by atoms with E-state index in [-0.39, 0.29) is 25.1 Å². The maximum absolute atomic E-state index is 13.3. The highest BCUT2D eigenvalue weighted by molar-refractivity contribution is 9.10. The molecule has 6 nitrogen and oxygen atoms in total. The molecule has 2 amide bonds. The first kappa shape index (κ1) is 14.7. The predicted octanol–water partition coefficient (Wildman–Crippen LogP) is 0.0351. The number of nitrogens with zero attached hydrogens (tertiary/aromatic N) is 2. The van der Waals surface area contributed by atoms with Gasteiger partial charge in [0.15, 0.2) is 0 Å². The van der Waals surface area contributed by atoms with E-state index in [0.717, 1.165) is 4.90 Å². The number of hydrogen-bond acceptors (Lipinski definition) is 3. The van der Waals surface area contributed by atoms with Gasteiger partial charge < -0.3 is 15.2 Å². The number of carbonyl (C=O) groups is 2. The minimum absolute atomic E-state index is 0.0888. The Hall–Kier alpha value is -1.70. The van der Waals surface area contributed by atoms with E-state index in [2.05, 4.69) is 15.9 Å². The number of hydrogen-bond donors (Lipinski definition) is 1. The van der Waals surface area contributed by atoms with Crippen molar-refractivity contribution in [2.75, 3.05) is 6.54 Å². The monoisotopic (exact) mass is 345 g/mol. The normalized spacial score (nSPS) is 22.0. The highest BCUT2D eigenvalue weighted by Gasteiger charge is 2.38. The maximum Gasteiger partial charge on any atom is 0.251 e. The van der Waals surface area contributed by atoms with Gasteiger partial charge in [0.25, 0.3) is 5.56 Å². The van der Waals surface area contributed by atoms with Gasteiger partial charge in [-0.15, -0.1) is 0 Å². The van der Waals surface area contributed by atoms with Crippen molar-refractivity contribution < 1.29 is 14.0 Å². The Morgan fingerprint density at radius 1 is 1.45 bits per heavy atom. The van der Waals surface area contributed by atoms with E-state index in [9.17, 15) is 18.8 Å². The van der Waals surface area contributed by atoms with E-state index in [4.69, 9.17) is 5.73 Å². The molecule has 1 fully saturated rings. The van der Waals surface area contributed by atoms with Crippen LogP contribution in [0.25, 0.3) is 0 Å². The number of rotatable bonds is 3. The fourth-order valence-corrected chi connectivity index (χ4v) is 2.57. The number of pyridine rings is 1. The van der Waals surface area contributed by atoms with Gasteiger partial charge >= 0.3 is 0 Å². The third-order valence-electron chi connectivity index (χ3n) is 3.15. The molecule has 1 aromatic rings. The SMILES string of the molecule is NC(=O)[C@@H]1C[C@@H](F)CN1C(=O)Cn1cc(Br)ccc1=O. The molecule has 2 heterocycles. The van der Waals surface area contributed by atoms with Gasteiger partial charge in [0.05, 0.1) is 6.54 Å². The zero-order chi connectivity index (χ0) is 14.9. The minimum Gasteiger partial charge on any atom is -0.368 e. The Kier molecular flexibility index (Phi) is 4.22. The number of primary amides is 1. The van der Waals surface area contributed by atoms with Crippen molar-refractivity contribution >= 4 is 27.7 Å². The average Bonchev–Trinajstić information content (AvgIpc) is 2.76. The van der Waals surface area contributed by atoms with E-state index >= 15 is 0 Å². The summed E-state index contributed by atoms with van der Waals surface area (Å²) in [5.41, 5.74) is 4.81. The largest absolute Gasteiger partial charge is 0.368 e. The predicted molar refractivity (Wildman–Crippen MR) is 72.6 cm³/mol. The second-order valence-corrected chi connectivity index (χ2v) is 5.53. The Balaban J connectivity index is 2.17. The number of alkyl halides is 1. The molecule has 0 radical (unpaired) electrons. The van der Waals surface area contributed by atoms with Crippen LogP contribution in [-0.4, -0.2) is 40.0 Å². The summed E-state index contributed by atoms with van der Waals surface area (Å²) in [6.45, 7) is -0.427. The zero-order valence-corrected chi connectivity index (χ0v) is 12.0. The number of carbonyl (C=O) groups excluding carboxylic acids is 2. The molecule has 2 N–H and O–H groups in total. The topological polar surface area (TPSA) is 85.4 Å². The van der Waals surface area contributed by atoms with E-state index in [0.29, 0.717) is 4.47 Å². The number of halogens is 2. The molecule has 8 heteroatoms. The number of likely N-dealkylation sites (tertiary alicyclic amines) is 1. The summed E-state index contributed by atoms with van der Waals surface area (Å²) in [5.74, 6) is -1.24. The highest BCUT2D eigenvalue weighted by Crippen LogP contribution is 2.20. The van der Waals surface area contributed by atoms with Gasteiger partial charge in [0, 0.05) is 23.2 Å². The van der Waals surface area contributed by atoms with Crippen LogP contribution in [0, 0.1) is 0 Å². The van der Waals surface area contributed by atoms with Crippen molar-refractivity contribution in [3.63, 3.8) is 0 Å². The smallest absolute Gasteiger partial charge is 0.251 e. The van der Waals surface area contributed by atoms with Crippen LogP contribution in [0.3, 0.4) is 0 Å². The summed E-state index contributed by atoms with van der Waals surface area (Å²) >= 11 is 3.20. The average molecular weight is 346 g/mol. The van der Waals surface area contributed by atoms with Crippen molar-refractivity contribution in [2.45, 2.75) is 25.2 Å². The summed E-state index contributed by atoms with van der Waals surface area (Å²) in [7, 11) is 0. The lowest BCUT2D eigenvalue weighted by Gasteiger charge is -2.22. The lowest BCUT2D eigenvalue weighted by atomic mass is 10.2. The summed E-state index contributed by atoms with van der Waals surface area (Å²) in [6, 6.07) is 1.92. The molecule has 1 aliphatic heterocycles. The first-order chi connectivity index (χ1) is 9.38. The molecule has 0 saturated carbocycles. The fourth-order valence-electron chi connectivity index (χ4n) is 2.19. The highest BCUT2D eigenvalue weighted by atomic mass is 79.9.